The first-order chi connectivity index (χ1) is 14.9. The molecule has 0 amide bonds. The fraction of sp³-hybridized carbons (Fsp3) is 0.261. The van der Waals surface area contributed by atoms with E-state index >= 15 is 0 Å². The highest BCUT2D eigenvalue weighted by molar-refractivity contribution is 5.90. The van der Waals surface area contributed by atoms with Crippen LogP contribution in [0.15, 0.2) is 72.3 Å². The molecule has 0 aromatic heterocycles. The van der Waals surface area contributed by atoms with Gasteiger partial charge >= 0.3 is 17.9 Å². The summed E-state index contributed by atoms with van der Waals surface area (Å²) in [4.78, 5) is 36.4. The van der Waals surface area contributed by atoms with Crippen LogP contribution in [-0.4, -0.2) is 59.1 Å². The molecule has 0 saturated carbocycles. The van der Waals surface area contributed by atoms with Gasteiger partial charge in [0, 0.05) is 12.5 Å². The summed E-state index contributed by atoms with van der Waals surface area (Å²) in [6.07, 6.45) is -4.37. The fourth-order valence-corrected chi connectivity index (χ4v) is 3.16. The van der Waals surface area contributed by atoms with Crippen molar-refractivity contribution in [2.45, 2.75) is 31.3 Å². The number of ether oxygens (including phenoxy) is 3. The Morgan fingerprint density at radius 1 is 0.839 bits per heavy atom. The SMILES string of the molecule is CC(=O)OC1C(OC(=O)c2ccccc2)C(COC(=O)c2ccccc2)=CC(O)C1O. The quantitative estimate of drug-likeness (QED) is 0.407. The molecule has 0 fully saturated rings. The van der Waals surface area contributed by atoms with Gasteiger partial charge in [-0.15, -0.1) is 0 Å². The Morgan fingerprint density at radius 3 is 1.94 bits per heavy atom. The molecule has 0 radical (unpaired) electrons. The molecule has 8 nitrogen and oxygen atoms in total. The van der Waals surface area contributed by atoms with Crippen LogP contribution in [0.1, 0.15) is 27.6 Å². The van der Waals surface area contributed by atoms with Crippen LogP contribution in [0.3, 0.4) is 0 Å². The van der Waals surface area contributed by atoms with Crippen molar-refractivity contribution < 1.29 is 38.8 Å². The highest BCUT2D eigenvalue weighted by Crippen LogP contribution is 2.27. The van der Waals surface area contributed by atoms with E-state index in [1.807, 2.05) is 0 Å². The molecule has 0 spiro atoms. The maximum Gasteiger partial charge on any atom is 0.338 e. The molecule has 0 bridgehead atoms. The molecule has 162 valence electrons. The van der Waals surface area contributed by atoms with E-state index in [1.54, 1.807) is 48.5 Å². The van der Waals surface area contributed by atoms with Crippen molar-refractivity contribution in [1.29, 1.82) is 0 Å². The van der Waals surface area contributed by atoms with Crippen molar-refractivity contribution >= 4 is 17.9 Å². The molecule has 1 aliphatic carbocycles. The second kappa shape index (κ2) is 10.0. The molecule has 2 aromatic rings. The van der Waals surface area contributed by atoms with Gasteiger partial charge < -0.3 is 24.4 Å². The van der Waals surface area contributed by atoms with Gasteiger partial charge in [0.1, 0.15) is 18.8 Å². The van der Waals surface area contributed by atoms with E-state index in [1.165, 1.54) is 18.2 Å². The zero-order valence-electron chi connectivity index (χ0n) is 16.7. The number of aliphatic hydroxyl groups excluding tert-OH is 2. The second-order valence-electron chi connectivity index (χ2n) is 6.93. The molecule has 0 heterocycles. The predicted molar refractivity (Wildman–Crippen MR) is 108 cm³/mol. The van der Waals surface area contributed by atoms with E-state index < -0.39 is 42.3 Å². The molecule has 1 aliphatic rings. The predicted octanol–water partition coefficient (Wildman–Crippen LogP) is 1.66. The van der Waals surface area contributed by atoms with Gasteiger partial charge in [0.15, 0.2) is 12.2 Å². The number of hydrogen-bond acceptors (Lipinski definition) is 8. The highest BCUT2D eigenvalue weighted by Gasteiger charge is 2.44. The number of esters is 3. The average Bonchev–Trinajstić information content (AvgIpc) is 2.78. The zero-order chi connectivity index (χ0) is 22.4. The van der Waals surface area contributed by atoms with Crippen molar-refractivity contribution in [2.24, 2.45) is 0 Å². The largest absolute Gasteiger partial charge is 0.457 e. The van der Waals surface area contributed by atoms with Gasteiger partial charge in [-0.25, -0.2) is 9.59 Å². The normalized spacial score (nSPS) is 22.7. The maximum absolute atomic E-state index is 12.6. The van der Waals surface area contributed by atoms with E-state index in [0.29, 0.717) is 5.56 Å². The molecular formula is C23H22O8. The Bertz CT molecular complexity index is 954. The lowest BCUT2D eigenvalue weighted by Crippen LogP contribution is -2.52. The topological polar surface area (TPSA) is 119 Å². The van der Waals surface area contributed by atoms with Crippen LogP contribution in [0, 0.1) is 0 Å². The lowest BCUT2D eigenvalue weighted by molar-refractivity contribution is -0.167. The minimum atomic E-state index is -1.54. The maximum atomic E-state index is 12.6. The molecule has 4 unspecified atom stereocenters. The van der Waals surface area contributed by atoms with Gasteiger partial charge in [-0.05, 0) is 30.3 Å². The fourth-order valence-electron chi connectivity index (χ4n) is 3.16. The third-order valence-electron chi connectivity index (χ3n) is 4.66. The van der Waals surface area contributed by atoms with E-state index in [2.05, 4.69) is 0 Å². The number of hydrogen-bond donors (Lipinski definition) is 2. The molecular weight excluding hydrogens is 404 g/mol. The second-order valence-corrected chi connectivity index (χ2v) is 6.93. The van der Waals surface area contributed by atoms with Crippen LogP contribution in [0.2, 0.25) is 0 Å². The van der Waals surface area contributed by atoms with Gasteiger partial charge in [0.25, 0.3) is 0 Å². The van der Waals surface area contributed by atoms with E-state index in [0.717, 1.165) is 6.92 Å². The number of carbonyl (C=O) groups is 3. The zero-order valence-corrected chi connectivity index (χ0v) is 16.7. The third-order valence-corrected chi connectivity index (χ3v) is 4.66. The molecule has 0 aliphatic heterocycles. The Labute approximate surface area is 178 Å². The number of benzene rings is 2. The van der Waals surface area contributed by atoms with Crippen molar-refractivity contribution in [3.8, 4) is 0 Å². The van der Waals surface area contributed by atoms with Gasteiger partial charge in [0.2, 0.25) is 0 Å². The van der Waals surface area contributed by atoms with Crippen molar-refractivity contribution in [3.05, 3.63) is 83.4 Å². The van der Waals surface area contributed by atoms with Crippen LogP contribution >= 0.6 is 0 Å². The molecule has 4 atom stereocenters. The minimum Gasteiger partial charge on any atom is -0.457 e. The van der Waals surface area contributed by atoms with Crippen molar-refractivity contribution in [2.75, 3.05) is 6.61 Å². The average molecular weight is 426 g/mol. The van der Waals surface area contributed by atoms with Gasteiger partial charge in [-0.1, -0.05) is 36.4 Å². The Morgan fingerprint density at radius 2 is 1.39 bits per heavy atom. The molecule has 31 heavy (non-hydrogen) atoms. The molecule has 3 rings (SSSR count). The molecule has 8 heteroatoms. The van der Waals surface area contributed by atoms with Gasteiger partial charge in [0.05, 0.1) is 11.1 Å². The van der Waals surface area contributed by atoms with Crippen molar-refractivity contribution in [3.63, 3.8) is 0 Å². The van der Waals surface area contributed by atoms with Crippen LogP contribution < -0.4 is 0 Å². The first kappa shape index (κ1) is 22.2. The molecule has 0 saturated heterocycles. The van der Waals surface area contributed by atoms with Crippen LogP contribution in [0.5, 0.6) is 0 Å². The van der Waals surface area contributed by atoms with Crippen LogP contribution in [0.4, 0.5) is 0 Å². The van der Waals surface area contributed by atoms with Gasteiger partial charge in [-0.2, -0.15) is 0 Å². The standard InChI is InChI=1S/C23H22O8/c1-14(24)30-21-19(26)18(25)12-17(13-29-22(27)15-8-4-2-5-9-15)20(21)31-23(28)16-10-6-3-7-11-16/h2-12,18-21,25-26H,13H2,1H3. The monoisotopic (exact) mass is 426 g/mol. The Hall–Kier alpha value is -3.49. The summed E-state index contributed by atoms with van der Waals surface area (Å²) in [7, 11) is 0. The number of rotatable bonds is 6. The van der Waals surface area contributed by atoms with E-state index in [9.17, 15) is 24.6 Å². The summed E-state index contributed by atoms with van der Waals surface area (Å²) in [6, 6.07) is 16.4. The highest BCUT2D eigenvalue weighted by atomic mass is 16.6. The van der Waals surface area contributed by atoms with Crippen LogP contribution in [0.25, 0.3) is 0 Å². The molecule has 2 aromatic carbocycles. The Balaban J connectivity index is 1.83. The van der Waals surface area contributed by atoms with E-state index in [-0.39, 0.29) is 17.7 Å². The molecule has 2 N–H and O–H groups in total. The third kappa shape index (κ3) is 5.56. The van der Waals surface area contributed by atoms with Gasteiger partial charge in [-0.3, -0.25) is 4.79 Å². The summed E-state index contributed by atoms with van der Waals surface area (Å²) in [6.45, 7) is 0.782. The van der Waals surface area contributed by atoms with Crippen LogP contribution in [-0.2, 0) is 19.0 Å². The van der Waals surface area contributed by atoms with E-state index in [4.69, 9.17) is 14.2 Å². The summed E-state index contributed by atoms with van der Waals surface area (Å²) in [5, 5.41) is 20.5. The lowest BCUT2D eigenvalue weighted by Gasteiger charge is -2.36. The smallest absolute Gasteiger partial charge is 0.338 e. The summed E-state index contributed by atoms with van der Waals surface area (Å²) in [5.41, 5.74) is 0.733. The first-order valence-electron chi connectivity index (χ1n) is 9.59. The minimum absolute atomic E-state index is 0.178. The summed E-state index contributed by atoms with van der Waals surface area (Å²) < 4.78 is 15.9. The number of aliphatic hydroxyl groups is 2. The Kier molecular flexibility index (Phi) is 7.17. The first-order valence-corrected chi connectivity index (χ1v) is 9.59. The number of carbonyl (C=O) groups excluding carboxylic acids is 3. The summed E-state index contributed by atoms with van der Waals surface area (Å²) >= 11 is 0. The van der Waals surface area contributed by atoms with Crippen molar-refractivity contribution in [1.82, 2.24) is 0 Å². The summed E-state index contributed by atoms with van der Waals surface area (Å²) in [5.74, 6) is -2.09. The lowest BCUT2D eigenvalue weighted by atomic mass is 9.89.